The summed E-state index contributed by atoms with van der Waals surface area (Å²) in [5.74, 6) is 1.74. The minimum Gasteiger partial charge on any atom is -0.352 e. The van der Waals surface area contributed by atoms with Gasteiger partial charge in [-0.2, -0.15) is 5.10 Å². The summed E-state index contributed by atoms with van der Waals surface area (Å²) in [5.41, 5.74) is 1.12. The van der Waals surface area contributed by atoms with Crippen LogP contribution in [0.4, 0.5) is 5.82 Å². The van der Waals surface area contributed by atoms with E-state index in [-0.39, 0.29) is 5.91 Å². The van der Waals surface area contributed by atoms with Crippen LogP contribution in [0.2, 0.25) is 0 Å². The van der Waals surface area contributed by atoms with E-state index in [2.05, 4.69) is 27.2 Å². The third-order valence-corrected chi connectivity index (χ3v) is 4.61. The number of rotatable bonds is 4. The lowest BCUT2D eigenvalue weighted by Gasteiger charge is -2.35. The van der Waals surface area contributed by atoms with Crippen molar-refractivity contribution in [1.29, 1.82) is 0 Å². The van der Waals surface area contributed by atoms with Crippen LogP contribution in [0.15, 0.2) is 36.7 Å². The lowest BCUT2D eigenvalue weighted by Crippen LogP contribution is -2.49. The number of carbonyl (C=O) groups is 1. The van der Waals surface area contributed by atoms with Crippen molar-refractivity contribution < 1.29 is 4.79 Å². The summed E-state index contributed by atoms with van der Waals surface area (Å²) in [4.78, 5) is 16.4. The minimum atomic E-state index is 0.177. The molecule has 4 rings (SSSR count). The van der Waals surface area contributed by atoms with E-state index in [9.17, 15) is 4.79 Å². The molecule has 1 saturated heterocycles. The van der Waals surface area contributed by atoms with Crippen LogP contribution >= 0.6 is 0 Å². The quantitative estimate of drug-likeness (QED) is 0.859. The molecular formula is C17H21N5O. The van der Waals surface area contributed by atoms with Gasteiger partial charge in [-0.15, -0.1) is 5.10 Å². The second kappa shape index (κ2) is 6.02. The molecule has 3 heterocycles. The molecule has 0 radical (unpaired) electrons. The smallest absolute Gasteiger partial charge is 0.242 e. The molecule has 6 heteroatoms. The molecule has 120 valence electrons. The van der Waals surface area contributed by atoms with Gasteiger partial charge in [0.15, 0.2) is 5.82 Å². The number of carbonyl (C=O) groups excluding carboxylic acids is 1. The highest BCUT2D eigenvalue weighted by Crippen LogP contribution is 2.38. The van der Waals surface area contributed by atoms with Gasteiger partial charge in [0.2, 0.25) is 5.91 Å². The zero-order chi connectivity index (χ0) is 15.6. The van der Waals surface area contributed by atoms with Gasteiger partial charge in [-0.1, -0.05) is 0 Å². The van der Waals surface area contributed by atoms with Crippen LogP contribution in [0.5, 0.6) is 0 Å². The summed E-state index contributed by atoms with van der Waals surface area (Å²) >= 11 is 0. The Morgan fingerprint density at radius 1 is 1.04 bits per heavy atom. The van der Waals surface area contributed by atoms with Crippen molar-refractivity contribution in [1.82, 2.24) is 19.7 Å². The van der Waals surface area contributed by atoms with Crippen LogP contribution in [0.3, 0.4) is 0 Å². The van der Waals surface area contributed by atoms with E-state index in [1.54, 1.807) is 0 Å². The first-order valence-electron chi connectivity index (χ1n) is 8.27. The van der Waals surface area contributed by atoms with Crippen LogP contribution in [0.25, 0.3) is 0 Å². The summed E-state index contributed by atoms with van der Waals surface area (Å²) in [5, 5.41) is 8.71. The van der Waals surface area contributed by atoms with Gasteiger partial charge >= 0.3 is 0 Å². The highest BCUT2D eigenvalue weighted by molar-refractivity contribution is 5.76. The predicted octanol–water partition coefficient (Wildman–Crippen LogP) is 1.50. The van der Waals surface area contributed by atoms with Gasteiger partial charge in [-0.05, 0) is 37.1 Å². The van der Waals surface area contributed by atoms with Gasteiger partial charge < -0.3 is 14.4 Å². The first kappa shape index (κ1) is 14.2. The molecule has 2 fully saturated rings. The van der Waals surface area contributed by atoms with Crippen molar-refractivity contribution in [2.24, 2.45) is 0 Å². The van der Waals surface area contributed by atoms with E-state index in [1.807, 2.05) is 34.0 Å². The Balaban J connectivity index is 1.32. The fourth-order valence-corrected chi connectivity index (χ4v) is 3.02. The van der Waals surface area contributed by atoms with Crippen LogP contribution in [0.1, 0.15) is 24.5 Å². The lowest BCUT2D eigenvalue weighted by molar-refractivity contribution is -0.132. The minimum absolute atomic E-state index is 0.177. The van der Waals surface area contributed by atoms with Gasteiger partial charge in [-0.25, -0.2) is 0 Å². The van der Waals surface area contributed by atoms with Gasteiger partial charge in [0.25, 0.3) is 0 Å². The van der Waals surface area contributed by atoms with E-state index in [0.717, 1.165) is 37.7 Å². The lowest BCUT2D eigenvalue weighted by atomic mass is 10.2. The molecule has 0 unspecified atom stereocenters. The van der Waals surface area contributed by atoms with Crippen molar-refractivity contribution in [2.45, 2.75) is 25.3 Å². The van der Waals surface area contributed by atoms with Crippen molar-refractivity contribution >= 4 is 11.7 Å². The van der Waals surface area contributed by atoms with Crippen LogP contribution in [0, 0.1) is 0 Å². The van der Waals surface area contributed by atoms with Crippen molar-refractivity contribution in [3.8, 4) is 0 Å². The summed E-state index contributed by atoms with van der Waals surface area (Å²) in [6.07, 6.45) is 6.34. The van der Waals surface area contributed by atoms with E-state index in [0.29, 0.717) is 12.5 Å². The largest absolute Gasteiger partial charge is 0.352 e. The molecule has 2 aliphatic rings. The monoisotopic (exact) mass is 311 g/mol. The molecule has 0 N–H and O–H groups in total. The van der Waals surface area contributed by atoms with Gasteiger partial charge in [-0.3, -0.25) is 4.79 Å². The molecule has 0 spiro atoms. The highest BCUT2D eigenvalue weighted by atomic mass is 16.2. The normalized spacial score (nSPS) is 18.3. The zero-order valence-corrected chi connectivity index (χ0v) is 13.1. The summed E-state index contributed by atoms with van der Waals surface area (Å²) in [7, 11) is 0. The van der Waals surface area contributed by atoms with Crippen LogP contribution < -0.4 is 4.90 Å². The standard InChI is InChI=1S/C17H21N5O/c23-17(13-20-7-1-2-8-20)22-11-9-21(10-12-22)16-6-5-15(18-19-16)14-3-4-14/h1-2,5-8,14H,3-4,9-13H2. The Hall–Kier alpha value is -2.37. The Morgan fingerprint density at radius 2 is 1.78 bits per heavy atom. The van der Waals surface area contributed by atoms with Crippen molar-refractivity contribution in [2.75, 3.05) is 31.1 Å². The average molecular weight is 311 g/mol. The predicted molar refractivity (Wildman–Crippen MR) is 87.2 cm³/mol. The van der Waals surface area contributed by atoms with E-state index >= 15 is 0 Å². The Kier molecular flexibility index (Phi) is 3.73. The number of hydrogen-bond acceptors (Lipinski definition) is 4. The van der Waals surface area contributed by atoms with Gasteiger partial charge in [0.05, 0.1) is 5.69 Å². The summed E-state index contributed by atoms with van der Waals surface area (Å²) in [6.45, 7) is 3.53. The summed E-state index contributed by atoms with van der Waals surface area (Å²) in [6, 6.07) is 8.05. The van der Waals surface area contributed by atoms with Crippen molar-refractivity contribution in [3.63, 3.8) is 0 Å². The summed E-state index contributed by atoms with van der Waals surface area (Å²) < 4.78 is 1.91. The number of amides is 1. The molecule has 0 bridgehead atoms. The SMILES string of the molecule is O=C(Cn1cccc1)N1CCN(c2ccc(C3CC3)nn2)CC1. The first-order chi connectivity index (χ1) is 11.3. The Labute approximate surface area is 135 Å². The van der Waals surface area contributed by atoms with Gasteiger partial charge in [0, 0.05) is 44.5 Å². The first-order valence-corrected chi connectivity index (χ1v) is 8.27. The molecule has 2 aromatic heterocycles. The molecule has 23 heavy (non-hydrogen) atoms. The van der Waals surface area contributed by atoms with Crippen LogP contribution in [-0.2, 0) is 11.3 Å². The topological polar surface area (TPSA) is 54.3 Å². The Bertz CT molecular complexity index is 655. The molecule has 0 aromatic carbocycles. The second-order valence-corrected chi connectivity index (χ2v) is 6.31. The van der Waals surface area contributed by atoms with E-state index in [4.69, 9.17) is 0 Å². The highest BCUT2D eigenvalue weighted by Gasteiger charge is 2.26. The van der Waals surface area contributed by atoms with E-state index < -0.39 is 0 Å². The number of anilines is 1. The average Bonchev–Trinajstić information content (AvgIpc) is 3.33. The fourth-order valence-electron chi connectivity index (χ4n) is 3.02. The van der Waals surface area contributed by atoms with E-state index in [1.165, 1.54) is 12.8 Å². The molecular weight excluding hydrogens is 290 g/mol. The maximum Gasteiger partial charge on any atom is 0.242 e. The molecule has 1 amide bonds. The molecule has 0 atom stereocenters. The van der Waals surface area contributed by atoms with Crippen LogP contribution in [-0.4, -0.2) is 51.8 Å². The Morgan fingerprint density at radius 3 is 2.39 bits per heavy atom. The fraction of sp³-hybridized carbons (Fsp3) is 0.471. The maximum absolute atomic E-state index is 12.3. The zero-order valence-electron chi connectivity index (χ0n) is 13.1. The molecule has 1 aliphatic carbocycles. The number of piperazine rings is 1. The van der Waals surface area contributed by atoms with Crippen molar-refractivity contribution in [3.05, 3.63) is 42.4 Å². The maximum atomic E-state index is 12.3. The number of hydrogen-bond donors (Lipinski definition) is 0. The third-order valence-electron chi connectivity index (χ3n) is 4.61. The molecule has 1 saturated carbocycles. The number of aromatic nitrogens is 3. The second-order valence-electron chi connectivity index (χ2n) is 6.31. The third kappa shape index (κ3) is 3.21. The molecule has 1 aliphatic heterocycles. The van der Waals surface area contributed by atoms with Gasteiger partial charge in [0.1, 0.15) is 6.54 Å². The molecule has 2 aromatic rings. The number of nitrogens with zero attached hydrogens (tertiary/aromatic N) is 5. The molecule has 6 nitrogen and oxygen atoms in total.